The molecule has 0 bridgehead atoms. The molecule has 5 amide bonds. The van der Waals surface area contributed by atoms with Gasteiger partial charge >= 0.3 is 18.2 Å². The zero-order chi connectivity index (χ0) is 31.8. The van der Waals surface area contributed by atoms with Crippen LogP contribution >= 0.6 is 0 Å². The van der Waals surface area contributed by atoms with Crippen LogP contribution in [-0.2, 0) is 35.3 Å². The summed E-state index contributed by atoms with van der Waals surface area (Å²) in [6.07, 6.45) is -5.52. The molecule has 2 heterocycles. The molecule has 1 saturated heterocycles. The van der Waals surface area contributed by atoms with E-state index in [-0.39, 0.29) is 25.5 Å². The van der Waals surface area contributed by atoms with Gasteiger partial charge in [-0.15, -0.1) is 0 Å². The summed E-state index contributed by atoms with van der Waals surface area (Å²) in [4.78, 5) is 76.0. The number of nitrogens with two attached hydrogens (primary N) is 1. The van der Waals surface area contributed by atoms with E-state index in [4.69, 9.17) is 14.9 Å². The zero-order valence-corrected chi connectivity index (χ0v) is 23.7. The zero-order valence-electron chi connectivity index (χ0n) is 23.7. The Hall–Kier alpha value is -4.11. The Labute approximate surface area is 240 Å². The number of esters is 1. The number of primary amides is 1. The summed E-state index contributed by atoms with van der Waals surface area (Å²) < 4.78 is 48.4. The average molecular weight is 604 g/mol. The second kappa shape index (κ2) is 14.2. The maximum Gasteiger partial charge on any atom is 0.389 e. The summed E-state index contributed by atoms with van der Waals surface area (Å²) in [7, 11) is 0. The van der Waals surface area contributed by atoms with Gasteiger partial charge in [0.1, 0.15) is 31.0 Å². The van der Waals surface area contributed by atoms with Gasteiger partial charge in [-0.05, 0) is 36.3 Å². The van der Waals surface area contributed by atoms with E-state index < -0.39 is 84.6 Å². The Morgan fingerprint density at radius 2 is 1.81 bits per heavy atom. The van der Waals surface area contributed by atoms with Gasteiger partial charge in [0, 0.05) is 13.0 Å². The molecule has 1 aliphatic rings. The number of nitrogens with zero attached hydrogens (tertiary/aromatic N) is 1. The lowest BCUT2D eigenvalue weighted by atomic mass is 9.85. The lowest BCUT2D eigenvalue weighted by Crippen LogP contribution is -2.60. The number of halogens is 3. The number of ether oxygens (including phenoxy) is 1. The van der Waals surface area contributed by atoms with E-state index in [9.17, 15) is 41.9 Å². The number of likely N-dealkylation sites (tertiary alicyclic amines) is 1. The smallest absolute Gasteiger partial charge is 0.389 e. The maximum absolute atomic E-state index is 13.7. The quantitative estimate of drug-likeness (QED) is 0.202. The van der Waals surface area contributed by atoms with Gasteiger partial charge in [-0.1, -0.05) is 27.7 Å². The molecular formula is C26H36F3N5O8. The van der Waals surface area contributed by atoms with E-state index in [0.717, 1.165) is 0 Å². The number of alkyl halides is 3. The topological polar surface area (TPSA) is 190 Å². The molecule has 5 N–H and O–H groups in total. The minimum Gasteiger partial charge on any atom is -0.466 e. The number of nitrogens with one attached hydrogen (secondary N) is 3. The minimum absolute atomic E-state index is 0.0723. The lowest BCUT2D eigenvalue weighted by molar-refractivity contribution is -0.146. The van der Waals surface area contributed by atoms with E-state index in [2.05, 4.69) is 16.0 Å². The number of ketones is 1. The average Bonchev–Trinajstić information content (AvgIpc) is 3.54. The Bertz CT molecular complexity index is 1150. The summed E-state index contributed by atoms with van der Waals surface area (Å²) in [5.41, 5.74) is 4.06. The number of Topliss-reactive ketones (excluding diaryl/α,β-unsaturated/α-hetero) is 1. The number of amides is 5. The highest BCUT2D eigenvalue weighted by molar-refractivity contribution is 6.37. The van der Waals surface area contributed by atoms with E-state index in [1.54, 1.807) is 39.8 Å². The van der Waals surface area contributed by atoms with Gasteiger partial charge in [0.2, 0.25) is 17.6 Å². The Kier molecular flexibility index (Phi) is 11.5. The van der Waals surface area contributed by atoms with Crippen molar-refractivity contribution in [2.75, 3.05) is 13.1 Å². The lowest BCUT2D eigenvalue weighted by Gasteiger charge is -2.35. The van der Waals surface area contributed by atoms with E-state index in [0.29, 0.717) is 5.76 Å². The number of furan rings is 1. The van der Waals surface area contributed by atoms with Crippen LogP contribution in [0.3, 0.4) is 0 Å². The summed E-state index contributed by atoms with van der Waals surface area (Å²) in [6, 6.07) is -1.90. The van der Waals surface area contributed by atoms with Crippen molar-refractivity contribution in [3.63, 3.8) is 0 Å². The van der Waals surface area contributed by atoms with Crippen LogP contribution in [0.2, 0.25) is 0 Å². The highest BCUT2D eigenvalue weighted by Gasteiger charge is 2.45. The fourth-order valence-corrected chi connectivity index (χ4v) is 4.30. The summed E-state index contributed by atoms with van der Waals surface area (Å²) in [5.74, 6) is -5.11. The number of rotatable bonds is 12. The van der Waals surface area contributed by atoms with Gasteiger partial charge in [-0.3, -0.25) is 24.0 Å². The second-order valence-electron chi connectivity index (χ2n) is 11.2. The van der Waals surface area contributed by atoms with Crippen molar-refractivity contribution < 1.29 is 51.1 Å². The number of urea groups is 1. The number of hydrogen-bond donors (Lipinski definition) is 4. The molecule has 0 radical (unpaired) electrons. The van der Waals surface area contributed by atoms with Crippen molar-refractivity contribution in [3.05, 3.63) is 24.2 Å². The molecule has 1 aromatic heterocycles. The Morgan fingerprint density at radius 1 is 1.14 bits per heavy atom. The normalized spacial score (nSPS) is 18.5. The van der Waals surface area contributed by atoms with Crippen LogP contribution in [0.15, 0.2) is 22.8 Å². The summed E-state index contributed by atoms with van der Waals surface area (Å²) in [5, 5.41) is 6.95. The molecule has 0 saturated carbocycles. The molecule has 4 atom stereocenters. The fourth-order valence-electron chi connectivity index (χ4n) is 4.30. The monoisotopic (exact) mass is 603 g/mol. The molecule has 0 spiro atoms. The molecule has 42 heavy (non-hydrogen) atoms. The first-order valence-corrected chi connectivity index (χ1v) is 13.1. The van der Waals surface area contributed by atoms with Crippen molar-refractivity contribution in [1.82, 2.24) is 20.9 Å². The van der Waals surface area contributed by atoms with E-state index >= 15 is 0 Å². The van der Waals surface area contributed by atoms with E-state index in [1.807, 2.05) is 0 Å². The first-order chi connectivity index (χ1) is 19.4. The standard InChI is InChI=1S/C26H36F3N5O8/c1-14-10-17(22(38)32-16(19(36)21(30)37)7-8-26(27,28)29)34(12-14)23(39)20(25(2,3)4)33-24(40)31-11-18(35)42-13-15-6-5-9-41-15/h5-6,9,14,16-17,20H,7-8,10-13H2,1-4H3,(H2,30,37)(H,32,38)(H2,31,33,40)/t14-,16?,17+,20?/m1/s1. The van der Waals surface area contributed by atoms with Crippen LogP contribution in [0.25, 0.3) is 0 Å². The number of carbonyl (C=O) groups excluding carboxylic acids is 6. The van der Waals surface area contributed by atoms with Gasteiger partial charge < -0.3 is 35.7 Å². The first-order valence-electron chi connectivity index (χ1n) is 13.1. The molecule has 1 aliphatic heterocycles. The van der Waals surface area contributed by atoms with Crippen LogP contribution in [0.4, 0.5) is 18.0 Å². The van der Waals surface area contributed by atoms with Crippen LogP contribution < -0.4 is 21.7 Å². The highest BCUT2D eigenvalue weighted by atomic mass is 19.4. The van der Waals surface area contributed by atoms with Crippen molar-refractivity contribution in [3.8, 4) is 0 Å². The van der Waals surface area contributed by atoms with Gasteiger partial charge in [-0.2, -0.15) is 13.2 Å². The summed E-state index contributed by atoms with van der Waals surface area (Å²) in [6.45, 7) is 6.11. The van der Waals surface area contributed by atoms with Gasteiger partial charge in [0.15, 0.2) is 0 Å². The van der Waals surface area contributed by atoms with Crippen molar-refractivity contribution in [2.45, 2.75) is 77.9 Å². The molecule has 13 nitrogen and oxygen atoms in total. The minimum atomic E-state index is -4.66. The molecule has 0 aliphatic carbocycles. The van der Waals surface area contributed by atoms with Gasteiger partial charge in [0.05, 0.1) is 12.3 Å². The third-order valence-electron chi connectivity index (χ3n) is 6.43. The van der Waals surface area contributed by atoms with Gasteiger partial charge in [-0.25, -0.2) is 4.79 Å². The Morgan fingerprint density at radius 3 is 2.36 bits per heavy atom. The highest BCUT2D eigenvalue weighted by Crippen LogP contribution is 2.29. The summed E-state index contributed by atoms with van der Waals surface area (Å²) >= 11 is 0. The molecule has 234 valence electrons. The van der Waals surface area contributed by atoms with Crippen LogP contribution in [0, 0.1) is 11.3 Å². The SMILES string of the molecule is C[C@@H]1C[C@@H](C(=O)NC(CCC(F)(F)F)C(=O)C(N)=O)N(C(=O)C(NC(=O)NCC(=O)OCc2ccco2)C(C)(C)C)C1. The molecule has 2 unspecified atom stereocenters. The fraction of sp³-hybridized carbons (Fsp3) is 0.615. The largest absolute Gasteiger partial charge is 0.466 e. The second-order valence-corrected chi connectivity index (χ2v) is 11.2. The molecule has 1 fully saturated rings. The molecule has 2 rings (SSSR count). The van der Waals surface area contributed by atoms with Crippen molar-refractivity contribution >= 4 is 35.5 Å². The van der Waals surface area contributed by atoms with Crippen molar-refractivity contribution in [2.24, 2.45) is 17.1 Å². The van der Waals surface area contributed by atoms with Crippen LogP contribution in [-0.4, -0.2) is 77.8 Å². The molecular weight excluding hydrogens is 567 g/mol. The number of hydrogen-bond acceptors (Lipinski definition) is 8. The van der Waals surface area contributed by atoms with Crippen LogP contribution in [0.5, 0.6) is 0 Å². The predicted octanol–water partition coefficient (Wildman–Crippen LogP) is 1.16. The Balaban J connectivity index is 2.10. The predicted molar refractivity (Wildman–Crippen MR) is 139 cm³/mol. The molecule has 1 aromatic rings. The molecule has 0 aromatic carbocycles. The van der Waals surface area contributed by atoms with Crippen molar-refractivity contribution in [1.29, 1.82) is 0 Å². The number of carbonyl (C=O) groups is 6. The third kappa shape index (κ3) is 10.4. The van der Waals surface area contributed by atoms with E-state index in [1.165, 1.54) is 11.2 Å². The third-order valence-corrected chi connectivity index (χ3v) is 6.43. The first kappa shape index (κ1) is 34.1. The maximum atomic E-state index is 13.7. The van der Waals surface area contributed by atoms with Crippen LogP contribution in [0.1, 0.15) is 52.7 Å². The van der Waals surface area contributed by atoms with Gasteiger partial charge in [0.25, 0.3) is 5.91 Å². The molecule has 16 heteroatoms.